The molecule has 0 saturated heterocycles. The third kappa shape index (κ3) is 2.85. The first-order valence-corrected chi connectivity index (χ1v) is 6.71. The summed E-state index contributed by atoms with van der Waals surface area (Å²) in [5.74, 6) is 1.52. The minimum Gasteiger partial charge on any atom is -0.419 e. The van der Waals surface area contributed by atoms with E-state index in [1.54, 1.807) is 4.68 Å². The Bertz CT molecular complexity index is 679. The minimum absolute atomic E-state index is 0.398. The van der Waals surface area contributed by atoms with Crippen molar-refractivity contribution in [2.45, 2.75) is 13.0 Å². The van der Waals surface area contributed by atoms with Gasteiger partial charge in [0.05, 0.1) is 5.69 Å². The largest absolute Gasteiger partial charge is 0.419 e. The second-order valence-electron chi connectivity index (χ2n) is 4.21. The first-order chi connectivity index (χ1) is 9.85. The molecule has 0 saturated carbocycles. The van der Waals surface area contributed by atoms with E-state index in [0.717, 1.165) is 11.3 Å². The summed E-state index contributed by atoms with van der Waals surface area (Å²) in [5.41, 5.74) is 1.75. The summed E-state index contributed by atoms with van der Waals surface area (Å²) in [6.07, 6.45) is 2.52. The molecule has 7 heteroatoms. The van der Waals surface area contributed by atoms with Gasteiger partial charge < -0.3 is 4.42 Å². The molecule has 1 aromatic carbocycles. The average Bonchev–Trinajstić information content (AvgIpc) is 3.11. The van der Waals surface area contributed by atoms with Gasteiger partial charge in [-0.3, -0.25) is 0 Å². The van der Waals surface area contributed by atoms with Gasteiger partial charge in [-0.15, -0.1) is 26.9 Å². The van der Waals surface area contributed by atoms with Crippen LogP contribution in [0.3, 0.4) is 0 Å². The average molecular weight is 290 g/mol. The Kier molecular flexibility index (Phi) is 3.73. The lowest BCUT2D eigenvalue weighted by Crippen LogP contribution is -2.00. The Morgan fingerprint density at radius 2 is 1.95 bits per heavy atom. The van der Waals surface area contributed by atoms with E-state index in [9.17, 15) is 0 Å². The first kappa shape index (κ1) is 12.8. The molecule has 0 N–H and O–H groups in total. The monoisotopic (exact) mass is 289 g/mol. The molecular weight excluding hydrogens is 278 g/mol. The third-order valence-corrected chi connectivity index (χ3v) is 2.91. The van der Waals surface area contributed by atoms with Crippen LogP contribution in [0.4, 0.5) is 0 Å². The van der Waals surface area contributed by atoms with Crippen molar-refractivity contribution in [2.24, 2.45) is 0 Å². The number of hydrogen-bond donors (Lipinski definition) is 0. The van der Waals surface area contributed by atoms with Crippen molar-refractivity contribution in [2.75, 3.05) is 5.88 Å². The van der Waals surface area contributed by atoms with Crippen LogP contribution in [-0.4, -0.2) is 31.1 Å². The summed E-state index contributed by atoms with van der Waals surface area (Å²) >= 11 is 5.66. The zero-order valence-electron chi connectivity index (χ0n) is 10.6. The lowest BCUT2D eigenvalue weighted by atomic mass is 10.2. The molecule has 3 rings (SSSR count). The van der Waals surface area contributed by atoms with E-state index in [0.29, 0.717) is 30.6 Å². The van der Waals surface area contributed by atoms with Crippen LogP contribution in [0, 0.1) is 0 Å². The van der Waals surface area contributed by atoms with Gasteiger partial charge in [-0.2, -0.15) is 0 Å². The van der Waals surface area contributed by atoms with Crippen LogP contribution >= 0.6 is 11.6 Å². The summed E-state index contributed by atoms with van der Waals surface area (Å²) in [7, 11) is 0. The molecule has 0 aliphatic heterocycles. The SMILES string of the molecule is ClCCc1cn(Cc2nnc(-c3ccccc3)o2)nn1. The number of nitrogens with zero attached hydrogens (tertiary/aromatic N) is 5. The van der Waals surface area contributed by atoms with E-state index >= 15 is 0 Å². The maximum Gasteiger partial charge on any atom is 0.247 e. The Morgan fingerprint density at radius 3 is 2.75 bits per heavy atom. The lowest BCUT2D eigenvalue weighted by molar-refractivity contribution is 0.469. The summed E-state index contributed by atoms with van der Waals surface area (Å²) in [5, 5.41) is 16.0. The number of benzene rings is 1. The number of aryl methyl sites for hydroxylation is 1. The summed E-state index contributed by atoms with van der Waals surface area (Å²) in [4.78, 5) is 0. The predicted octanol–water partition coefficient (Wildman–Crippen LogP) is 2.16. The fourth-order valence-electron chi connectivity index (χ4n) is 1.78. The molecule has 2 heterocycles. The molecule has 0 bridgehead atoms. The van der Waals surface area contributed by atoms with Crippen molar-refractivity contribution < 1.29 is 4.42 Å². The second kappa shape index (κ2) is 5.83. The zero-order chi connectivity index (χ0) is 13.8. The number of rotatable bonds is 5. The fourth-order valence-corrected chi connectivity index (χ4v) is 1.97. The molecule has 0 aliphatic carbocycles. The molecule has 0 fully saturated rings. The van der Waals surface area contributed by atoms with Gasteiger partial charge in [0.2, 0.25) is 11.8 Å². The van der Waals surface area contributed by atoms with Crippen LogP contribution in [0.25, 0.3) is 11.5 Å². The van der Waals surface area contributed by atoms with Crippen molar-refractivity contribution >= 4 is 11.6 Å². The normalized spacial score (nSPS) is 10.8. The Balaban J connectivity index is 1.73. The maximum absolute atomic E-state index is 5.66. The molecule has 0 aliphatic rings. The molecule has 0 unspecified atom stereocenters. The molecule has 6 nitrogen and oxygen atoms in total. The highest BCUT2D eigenvalue weighted by atomic mass is 35.5. The van der Waals surface area contributed by atoms with E-state index in [1.807, 2.05) is 36.5 Å². The Morgan fingerprint density at radius 1 is 1.10 bits per heavy atom. The van der Waals surface area contributed by atoms with Crippen LogP contribution in [0.1, 0.15) is 11.6 Å². The minimum atomic E-state index is 0.398. The lowest BCUT2D eigenvalue weighted by Gasteiger charge is -1.94. The van der Waals surface area contributed by atoms with Gasteiger partial charge in [0.15, 0.2) is 0 Å². The molecule has 102 valence electrons. The predicted molar refractivity (Wildman–Crippen MR) is 73.3 cm³/mol. The van der Waals surface area contributed by atoms with Gasteiger partial charge in [-0.1, -0.05) is 23.4 Å². The van der Waals surface area contributed by atoms with Gasteiger partial charge in [-0.25, -0.2) is 4.68 Å². The summed E-state index contributed by atoms with van der Waals surface area (Å²) < 4.78 is 7.26. The molecule has 2 aromatic heterocycles. The second-order valence-corrected chi connectivity index (χ2v) is 4.59. The first-order valence-electron chi connectivity index (χ1n) is 6.18. The topological polar surface area (TPSA) is 69.6 Å². The third-order valence-electron chi connectivity index (χ3n) is 2.72. The number of halogens is 1. The van der Waals surface area contributed by atoms with E-state index in [2.05, 4.69) is 20.5 Å². The molecule has 3 aromatic rings. The van der Waals surface area contributed by atoms with Gasteiger partial charge in [0.25, 0.3) is 0 Å². The van der Waals surface area contributed by atoms with Crippen LogP contribution in [0.15, 0.2) is 40.9 Å². The van der Waals surface area contributed by atoms with Gasteiger partial charge in [0.1, 0.15) is 6.54 Å². The Hall–Kier alpha value is -2.21. The Labute approximate surface area is 120 Å². The van der Waals surface area contributed by atoms with Gasteiger partial charge in [0, 0.05) is 24.1 Å². The quantitative estimate of drug-likeness (QED) is 0.673. The van der Waals surface area contributed by atoms with Crippen LogP contribution in [0.5, 0.6) is 0 Å². The molecule has 0 atom stereocenters. The zero-order valence-corrected chi connectivity index (χ0v) is 11.4. The number of aromatic nitrogens is 5. The van der Waals surface area contributed by atoms with E-state index < -0.39 is 0 Å². The highest BCUT2D eigenvalue weighted by Gasteiger charge is 2.09. The highest BCUT2D eigenvalue weighted by Crippen LogP contribution is 2.17. The van der Waals surface area contributed by atoms with E-state index in [-0.39, 0.29) is 0 Å². The molecular formula is C13H12ClN5O. The van der Waals surface area contributed by atoms with Crippen molar-refractivity contribution in [3.63, 3.8) is 0 Å². The van der Waals surface area contributed by atoms with Gasteiger partial charge >= 0.3 is 0 Å². The van der Waals surface area contributed by atoms with Crippen LogP contribution in [-0.2, 0) is 13.0 Å². The van der Waals surface area contributed by atoms with Crippen LogP contribution in [0.2, 0.25) is 0 Å². The van der Waals surface area contributed by atoms with E-state index in [1.165, 1.54) is 0 Å². The highest BCUT2D eigenvalue weighted by molar-refractivity contribution is 6.17. The van der Waals surface area contributed by atoms with Crippen molar-refractivity contribution in [3.8, 4) is 11.5 Å². The van der Waals surface area contributed by atoms with E-state index in [4.69, 9.17) is 16.0 Å². The van der Waals surface area contributed by atoms with Crippen molar-refractivity contribution in [1.29, 1.82) is 0 Å². The summed E-state index contributed by atoms with van der Waals surface area (Å²) in [6, 6.07) is 9.63. The van der Waals surface area contributed by atoms with Crippen molar-refractivity contribution in [3.05, 3.63) is 48.1 Å². The maximum atomic E-state index is 5.66. The molecule has 20 heavy (non-hydrogen) atoms. The van der Waals surface area contributed by atoms with Gasteiger partial charge in [-0.05, 0) is 12.1 Å². The van der Waals surface area contributed by atoms with Crippen molar-refractivity contribution in [1.82, 2.24) is 25.2 Å². The van der Waals surface area contributed by atoms with Crippen LogP contribution < -0.4 is 0 Å². The molecule has 0 amide bonds. The standard InChI is InChI=1S/C13H12ClN5O/c14-7-6-11-8-19(18-15-11)9-12-16-17-13(20-12)10-4-2-1-3-5-10/h1-5,8H,6-7,9H2. The number of hydrogen-bond acceptors (Lipinski definition) is 5. The molecule has 0 spiro atoms. The summed E-state index contributed by atoms with van der Waals surface area (Å²) in [6.45, 7) is 0.398. The fraction of sp³-hybridized carbons (Fsp3) is 0.231. The molecule has 0 radical (unpaired) electrons. The smallest absolute Gasteiger partial charge is 0.247 e. The number of alkyl halides is 1.